The smallest absolute Gasteiger partial charge is 0.192 e. The van der Waals surface area contributed by atoms with Crippen LogP contribution in [0, 0.1) is 0 Å². The molecule has 1 aromatic heterocycles. The summed E-state index contributed by atoms with van der Waals surface area (Å²) >= 11 is 0. The van der Waals surface area contributed by atoms with Crippen LogP contribution in [0.2, 0.25) is 0 Å². The highest BCUT2D eigenvalue weighted by Crippen LogP contribution is 2.24. The van der Waals surface area contributed by atoms with Gasteiger partial charge in [0.25, 0.3) is 0 Å². The van der Waals surface area contributed by atoms with Gasteiger partial charge in [0.2, 0.25) is 0 Å². The molecular formula is C14H15N3O3. The molecule has 0 aliphatic carbocycles. The Bertz CT molecular complexity index is 597. The van der Waals surface area contributed by atoms with Gasteiger partial charge in [0.05, 0.1) is 0 Å². The molecule has 4 N–H and O–H groups in total. The summed E-state index contributed by atoms with van der Waals surface area (Å²) in [7, 11) is 0. The number of hydrogen-bond acceptors (Lipinski definition) is 5. The largest absolute Gasteiger partial charge is 0.455 e. The first kappa shape index (κ1) is 13.8. The first-order valence-electron chi connectivity index (χ1n) is 6.05. The van der Waals surface area contributed by atoms with E-state index < -0.39 is 0 Å². The van der Waals surface area contributed by atoms with Gasteiger partial charge in [0, 0.05) is 12.8 Å². The van der Waals surface area contributed by atoms with Crippen molar-refractivity contribution in [2.75, 3.05) is 6.61 Å². The molecule has 6 nitrogen and oxygen atoms in total. The van der Waals surface area contributed by atoms with Gasteiger partial charge in [-0.2, -0.15) is 0 Å². The molecule has 0 radical (unpaired) electrons. The molecule has 2 rings (SSSR count). The first-order valence-corrected chi connectivity index (χ1v) is 6.05. The Morgan fingerprint density at radius 3 is 2.65 bits per heavy atom. The fourth-order valence-electron chi connectivity index (χ4n) is 1.69. The van der Waals surface area contributed by atoms with Crippen molar-refractivity contribution in [3.8, 4) is 11.5 Å². The van der Waals surface area contributed by atoms with E-state index in [1.54, 1.807) is 24.3 Å². The van der Waals surface area contributed by atoms with Crippen LogP contribution in [0.1, 0.15) is 11.3 Å². The number of hydrogen-bond donors (Lipinski definition) is 3. The van der Waals surface area contributed by atoms with Crippen molar-refractivity contribution in [3.05, 3.63) is 53.9 Å². The minimum absolute atomic E-state index is 0.108. The maximum Gasteiger partial charge on any atom is 0.192 e. The number of pyridine rings is 1. The third kappa shape index (κ3) is 3.24. The maximum absolute atomic E-state index is 8.86. The third-order valence-corrected chi connectivity index (χ3v) is 2.67. The first-order chi connectivity index (χ1) is 9.74. The highest BCUT2D eigenvalue weighted by Gasteiger charge is 2.10. The molecule has 0 amide bonds. The number of nitrogens with zero attached hydrogens (tertiary/aromatic N) is 2. The minimum atomic E-state index is -0.113. The van der Waals surface area contributed by atoms with E-state index in [9.17, 15) is 0 Å². The molecule has 0 saturated carbocycles. The fourth-order valence-corrected chi connectivity index (χ4v) is 1.69. The Morgan fingerprint density at radius 2 is 2.00 bits per heavy atom. The van der Waals surface area contributed by atoms with Gasteiger partial charge in [0.1, 0.15) is 5.75 Å². The van der Waals surface area contributed by atoms with Crippen LogP contribution in [-0.2, 0) is 6.42 Å². The van der Waals surface area contributed by atoms with Crippen LogP contribution in [0.4, 0.5) is 0 Å². The molecule has 20 heavy (non-hydrogen) atoms. The molecule has 0 fully saturated rings. The standard InChI is InChI=1S/C14H15N3O3/c15-14(17-19)13-12(2-1-8-16-13)20-11-5-3-10(4-6-11)7-9-18/h1-6,8,18-19H,7,9H2,(H2,15,17). The number of aliphatic hydroxyl groups excluding tert-OH is 1. The average molecular weight is 273 g/mol. The zero-order valence-electron chi connectivity index (χ0n) is 10.7. The van der Waals surface area contributed by atoms with Crippen LogP contribution >= 0.6 is 0 Å². The molecule has 1 heterocycles. The number of amidine groups is 1. The number of nitrogens with two attached hydrogens (primary N) is 1. The van der Waals surface area contributed by atoms with Crippen LogP contribution in [0.15, 0.2) is 47.8 Å². The molecule has 1 aromatic carbocycles. The van der Waals surface area contributed by atoms with Crippen LogP contribution in [0.25, 0.3) is 0 Å². The normalized spacial score (nSPS) is 11.3. The molecule has 2 aromatic rings. The lowest BCUT2D eigenvalue weighted by Crippen LogP contribution is -2.15. The van der Waals surface area contributed by atoms with E-state index in [1.807, 2.05) is 12.1 Å². The van der Waals surface area contributed by atoms with Crippen molar-refractivity contribution < 1.29 is 15.1 Å². The predicted molar refractivity (Wildman–Crippen MR) is 74.1 cm³/mol. The van der Waals surface area contributed by atoms with Gasteiger partial charge in [-0.05, 0) is 36.2 Å². The molecule has 6 heteroatoms. The van der Waals surface area contributed by atoms with Crippen LogP contribution < -0.4 is 10.5 Å². The molecule has 0 bridgehead atoms. The summed E-state index contributed by atoms with van der Waals surface area (Å²) in [5.74, 6) is 0.891. The Morgan fingerprint density at radius 1 is 1.25 bits per heavy atom. The fraction of sp³-hybridized carbons (Fsp3) is 0.143. The monoisotopic (exact) mass is 273 g/mol. The van der Waals surface area contributed by atoms with Gasteiger partial charge in [-0.1, -0.05) is 17.3 Å². The Kier molecular flexibility index (Phi) is 4.52. The summed E-state index contributed by atoms with van der Waals surface area (Å²) in [5, 5.41) is 20.5. The molecule has 0 saturated heterocycles. The molecule has 0 aliphatic heterocycles. The Balaban J connectivity index is 2.21. The van der Waals surface area contributed by atoms with Crippen molar-refractivity contribution in [3.63, 3.8) is 0 Å². The quantitative estimate of drug-likeness (QED) is 0.332. The number of rotatable bonds is 5. The van der Waals surface area contributed by atoms with Crippen molar-refractivity contribution in [1.29, 1.82) is 0 Å². The van der Waals surface area contributed by atoms with Gasteiger partial charge < -0.3 is 20.8 Å². The van der Waals surface area contributed by atoms with E-state index in [2.05, 4.69) is 10.1 Å². The van der Waals surface area contributed by atoms with Gasteiger partial charge in [-0.15, -0.1) is 0 Å². The SMILES string of the molecule is N/C(=N/O)c1ncccc1Oc1ccc(CCO)cc1. The van der Waals surface area contributed by atoms with Crippen molar-refractivity contribution in [1.82, 2.24) is 4.98 Å². The minimum Gasteiger partial charge on any atom is -0.455 e. The summed E-state index contributed by atoms with van der Waals surface area (Å²) in [6.45, 7) is 0.108. The van der Waals surface area contributed by atoms with Gasteiger partial charge in [-0.3, -0.25) is 0 Å². The average Bonchev–Trinajstić information content (AvgIpc) is 2.49. The number of oxime groups is 1. The number of benzene rings is 1. The van der Waals surface area contributed by atoms with Gasteiger partial charge in [-0.25, -0.2) is 4.98 Å². The second kappa shape index (κ2) is 6.53. The van der Waals surface area contributed by atoms with E-state index in [0.29, 0.717) is 17.9 Å². The summed E-state index contributed by atoms with van der Waals surface area (Å²) in [4.78, 5) is 4.02. The Labute approximate surface area is 116 Å². The van der Waals surface area contributed by atoms with E-state index in [0.717, 1.165) is 5.56 Å². The second-order valence-corrected chi connectivity index (χ2v) is 4.06. The third-order valence-electron chi connectivity index (χ3n) is 2.67. The highest BCUT2D eigenvalue weighted by molar-refractivity contribution is 5.97. The lowest BCUT2D eigenvalue weighted by Gasteiger charge is -2.09. The second-order valence-electron chi connectivity index (χ2n) is 4.06. The highest BCUT2D eigenvalue weighted by atomic mass is 16.5. The summed E-state index contributed by atoms with van der Waals surface area (Å²) in [5.41, 5.74) is 6.83. The zero-order valence-corrected chi connectivity index (χ0v) is 10.7. The number of aliphatic hydroxyl groups is 1. The van der Waals surface area contributed by atoms with E-state index in [4.69, 9.17) is 20.8 Å². The predicted octanol–water partition coefficient (Wildman–Crippen LogP) is 1.50. The molecule has 0 aliphatic rings. The van der Waals surface area contributed by atoms with Crippen LogP contribution in [0.5, 0.6) is 11.5 Å². The molecule has 0 atom stereocenters. The van der Waals surface area contributed by atoms with Crippen molar-refractivity contribution in [2.45, 2.75) is 6.42 Å². The van der Waals surface area contributed by atoms with Gasteiger partial charge in [0.15, 0.2) is 17.3 Å². The number of ether oxygens (including phenoxy) is 1. The van der Waals surface area contributed by atoms with E-state index in [1.165, 1.54) is 6.20 Å². The topological polar surface area (TPSA) is 101 Å². The van der Waals surface area contributed by atoms with Crippen molar-refractivity contribution >= 4 is 5.84 Å². The molecular weight excluding hydrogens is 258 g/mol. The van der Waals surface area contributed by atoms with Crippen molar-refractivity contribution in [2.24, 2.45) is 10.9 Å². The summed E-state index contributed by atoms with van der Waals surface area (Å²) < 4.78 is 5.67. The van der Waals surface area contributed by atoms with Crippen LogP contribution in [-0.4, -0.2) is 27.7 Å². The molecule has 0 spiro atoms. The Hall–Kier alpha value is -2.60. The lowest BCUT2D eigenvalue weighted by molar-refractivity contribution is 0.299. The van der Waals surface area contributed by atoms with E-state index >= 15 is 0 Å². The zero-order chi connectivity index (χ0) is 14.4. The van der Waals surface area contributed by atoms with Crippen LogP contribution in [0.3, 0.4) is 0 Å². The summed E-state index contributed by atoms with van der Waals surface area (Å²) in [6.07, 6.45) is 2.13. The maximum atomic E-state index is 8.86. The lowest BCUT2D eigenvalue weighted by atomic mass is 10.1. The summed E-state index contributed by atoms with van der Waals surface area (Å²) in [6, 6.07) is 10.7. The number of aromatic nitrogens is 1. The molecule has 104 valence electrons. The molecule has 0 unspecified atom stereocenters. The van der Waals surface area contributed by atoms with Gasteiger partial charge >= 0.3 is 0 Å². The van der Waals surface area contributed by atoms with E-state index in [-0.39, 0.29) is 18.1 Å².